The van der Waals surface area contributed by atoms with Gasteiger partial charge in [-0.05, 0) is 23.8 Å². The summed E-state index contributed by atoms with van der Waals surface area (Å²) in [6.07, 6.45) is 2.90. The first kappa shape index (κ1) is 12.0. The summed E-state index contributed by atoms with van der Waals surface area (Å²) in [6, 6.07) is 6.94. The Morgan fingerprint density at radius 1 is 1.38 bits per heavy atom. The van der Waals surface area contributed by atoms with Gasteiger partial charge in [-0.15, -0.1) is 0 Å². The van der Waals surface area contributed by atoms with Gasteiger partial charge < -0.3 is 10.1 Å². The van der Waals surface area contributed by atoms with E-state index < -0.39 is 5.97 Å². The zero-order chi connectivity index (χ0) is 12.0. The second kappa shape index (κ2) is 5.70. The molecule has 84 valence electrons. The minimum atomic E-state index is -0.426. The molecule has 0 aliphatic carbocycles. The highest BCUT2D eigenvalue weighted by molar-refractivity contribution is 5.95. The number of ether oxygens (including phenoxy) is 1. The second-order valence-corrected chi connectivity index (χ2v) is 3.06. The van der Waals surface area contributed by atoms with Gasteiger partial charge >= 0.3 is 5.97 Å². The molecule has 0 radical (unpaired) electrons. The third-order valence-corrected chi connectivity index (χ3v) is 1.99. The molecule has 4 heteroatoms. The first-order chi connectivity index (χ1) is 7.67. The van der Waals surface area contributed by atoms with E-state index in [0.29, 0.717) is 5.56 Å². The van der Waals surface area contributed by atoms with Gasteiger partial charge in [0.2, 0.25) is 0 Å². The average Bonchev–Trinajstić information content (AvgIpc) is 2.35. The molecule has 0 aliphatic rings. The molecule has 0 saturated heterocycles. The van der Waals surface area contributed by atoms with E-state index in [2.05, 4.69) is 10.1 Å². The highest BCUT2D eigenvalue weighted by Crippen LogP contribution is 2.07. The lowest BCUT2D eigenvalue weighted by Gasteiger charge is -2.00. The largest absolute Gasteiger partial charge is 0.466 e. The minimum absolute atomic E-state index is 0.159. The van der Waals surface area contributed by atoms with Crippen LogP contribution in [0.2, 0.25) is 0 Å². The monoisotopic (exact) mass is 219 g/mol. The molecule has 0 heterocycles. The molecule has 0 atom stereocenters. The van der Waals surface area contributed by atoms with Gasteiger partial charge in [0, 0.05) is 18.7 Å². The standard InChI is InChI=1S/C12H13NO3/c1-13-12(15)10-5-3-4-9(8-10)6-7-11(14)16-2/h3-8H,1-2H3,(H,13,15). The van der Waals surface area contributed by atoms with Gasteiger partial charge in [-0.3, -0.25) is 4.79 Å². The number of rotatable bonds is 3. The van der Waals surface area contributed by atoms with E-state index in [1.807, 2.05) is 0 Å². The van der Waals surface area contributed by atoms with E-state index in [1.54, 1.807) is 37.4 Å². The zero-order valence-electron chi connectivity index (χ0n) is 9.19. The number of nitrogens with one attached hydrogen (secondary N) is 1. The molecule has 1 rings (SSSR count). The van der Waals surface area contributed by atoms with Crippen molar-refractivity contribution in [3.8, 4) is 0 Å². The summed E-state index contributed by atoms with van der Waals surface area (Å²) < 4.78 is 4.47. The van der Waals surface area contributed by atoms with Gasteiger partial charge in [0.15, 0.2) is 0 Å². The lowest BCUT2D eigenvalue weighted by molar-refractivity contribution is -0.134. The van der Waals surface area contributed by atoms with Gasteiger partial charge in [-0.1, -0.05) is 12.1 Å². The molecule has 16 heavy (non-hydrogen) atoms. The molecule has 1 aromatic carbocycles. The lowest BCUT2D eigenvalue weighted by Crippen LogP contribution is -2.17. The number of amides is 1. The topological polar surface area (TPSA) is 55.4 Å². The van der Waals surface area contributed by atoms with Gasteiger partial charge in [0.05, 0.1) is 7.11 Å². The Bertz CT molecular complexity index is 424. The Morgan fingerprint density at radius 3 is 2.75 bits per heavy atom. The Kier molecular flexibility index (Phi) is 4.27. The van der Waals surface area contributed by atoms with E-state index in [4.69, 9.17) is 0 Å². The summed E-state index contributed by atoms with van der Waals surface area (Å²) in [5.41, 5.74) is 1.32. The SMILES string of the molecule is CNC(=O)c1cccc(C=CC(=O)OC)c1. The number of hydrogen-bond donors (Lipinski definition) is 1. The fraction of sp³-hybridized carbons (Fsp3) is 0.167. The van der Waals surface area contributed by atoms with Crippen LogP contribution in [0.5, 0.6) is 0 Å². The fourth-order valence-corrected chi connectivity index (χ4v) is 1.16. The van der Waals surface area contributed by atoms with Crippen LogP contribution in [-0.4, -0.2) is 26.0 Å². The molecule has 1 aromatic rings. The summed E-state index contributed by atoms with van der Waals surface area (Å²) >= 11 is 0. The van der Waals surface area contributed by atoms with Crippen LogP contribution in [0.4, 0.5) is 0 Å². The van der Waals surface area contributed by atoms with Crippen molar-refractivity contribution in [1.29, 1.82) is 0 Å². The summed E-state index contributed by atoms with van der Waals surface area (Å²) in [7, 11) is 2.88. The normalized spacial score (nSPS) is 10.1. The number of esters is 1. The predicted molar refractivity (Wildman–Crippen MR) is 60.9 cm³/mol. The lowest BCUT2D eigenvalue weighted by atomic mass is 10.1. The van der Waals surface area contributed by atoms with Crippen LogP contribution in [0.1, 0.15) is 15.9 Å². The van der Waals surface area contributed by atoms with Crippen LogP contribution in [0.15, 0.2) is 30.3 Å². The molecule has 0 saturated carbocycles. The predicted octanol–water partition coefficient (Wildman–Crippen LogP) is 1.23. The van der Waals surface area contributed by atoms with Crippen LogP contribution in [0, 0.1) is 0 Å². The van der Waals surface area contributed by atoms with Crippen molar-refractivity contribution < 1.29 is 14.3 Å². The number of carbonyl (C=O) groups excluding carboxylic acids is 2. The maximum atomic E-state index is 11.3. The van der Waals surface area contributed by atoms with Crippen LogP contribution < -0.4 is 5.32 Å². The van der Waals surface area contributed by atoms with Crippen molar-refractivity contribution in [2.45, 2.75) is 0 Å². The molecule has 0 unspecified atom stereocenters. The Morgan fingerprint density at radius 2 is 2.12 bits per heavy atom. The smallest absolute Gasteiger partial charge is 0.330 e. The molecule has 0 aromatic heterocycles. The number of methoxy groups -OCH3 is 1. The summed E-state index contributed by atoms with van der Waals surface area (Å²) in [6.45, 7) is 0. The van der Waals surface area contributed by atoms with Crippen LogP contribution >= 0.6 is 0 Å². The van der Waals surface area contributed by atoms with Gasteiger partial charge in [-0.2, -0.15) is 0 Å². The van der Waals surface area contributed by atoms with Crippen molar-refractivity contribution >= 4 is 18.0 Å². The van der Waals surface area contributed by atoms with E-state index >= 15 is 0 Å². The quantitative estimate of drug-likeness (QED) is 0.614. The first-order valence-corrected chi connectivity index (χ1v) is 4.75. The Hall–Kier alpha value is -2.10. The fourth-order valence-electron chi connectivity index (χ4n) is 1.16. The van der Waals surface area contributed by atoms with Crippen LogP contribution in [0.25, 0.3) is 6.08 Å². The van der Waals surface area contributed by atoms with Crippen LogP contribution in [0.3, 0.4) is 0 Å². The first-order valence-electron chi connectivity index (χ1n) is 4.75. The maximum Gasteiger partial charge on any atom is 0.330 e. The van der Waals surface area contributed by atoms with Crippen molar-refractivity contribution in [2.75, 3.05) is 14.2 Å². The molecule has 1 amide bonds. The van der Waals surface area contributed by atoms with E-state index in [0.717, 1.165) is 5.56 Å². The Labute approximate surface area is 93.9 Å². The summed E-state index contributed by atoms with van der Waals surface area (Å²) in [4.78, 5) is 22.2. The van der Waals surface area contributed by atoms with E-state index in [9.17, 15) is 9.59 Å². The highest BCUT2D eigenvalue weighted by atomic mass is 16.5. The van der Waals surface area contributed by atoms with Gasteiger partial charge in [-0.25, -0.2) is 4.79 Å². The minimum Gasteiger partial charge on any atom is -0.466 e. The van der Waals surface area contributed by atoms with E-state index in [1.165, 1.54) is 13.2 Å². The molecule has 4 nitrogen and oxygen atoms in total. The Balaban J connectivity index is 2.86. The number of benzene rings is 1. The molecule has 1 N–H and O–H groups in total. The summed E-state index contributed by atoms with van der Waals surface area (Å²) in [5.74, 6) is -0.585. The molecule has 0 fully saturated rings. The maximum absolute atomic E-state index is 11.3. The van der Waals surface area contributed by atoms with Crippen molar-refractivity contribution in [2.24, 2.45) is 0 Å². The van der Waals surface area contributed by atoms with Crippen molar-refractivity contribution in [3.63, 3.8) is 0 Å². The van der Waals surface area contributed by atoms with Gasteiger partial charge in [0.25, 0.3) is 5.91 Å². The molecule has 0 spiro atoms. The number of carbonyl (C=O) groups is 2. The third-order valence-electron chi connectivity index (χ3n) is 1.99. The summed E-state index contributed by atoms with van der Waals surface area (Å²) in [5, 5.41) is 2.53. The highest BCUT2D eigenvalue weighted by Gasteiger charge is 2.02. The third kappa shape index (κ3) is 3.24. The number of hydrogen-bond acceptors (Lipinski definition) is 3. The molecule has 0 bridgehead atoms. The van der Waals surface area contributed by atoms with E-state index in [-0.39, 0.29) is 5.91 Å². The van der Waals surface area contributed by atoms with Crippen molar-refractivity contribution in [1.82, 2.24) is 5.32 Å². The van der Waals surface area contributed by atoms with Crippen LogP contribution in [-0.2, 0) is 9.53 Å². The molecular weight excluding hydrogens is 206 g/mol. The molecular formula is C12H13NO3. The molecule has 0 aliphatic heterocycles. The average molecular weight is 219 g/mol. The van der Waals surface area contributed by atoms with Gasteiger partial charge in [0.1, 0.15) is 0 Å². The second-order valence-electron chi connectivity index (χ2n) is 3.06. The zero-order valence-corrected chi connectivity index (χ0v) is 9.19. The van der Waals surface area contributed by atoms with Crippen molar-refractivity contribution in [3.05, 3.63) is 41.5 Å².